The van der Waals surface area contributed by atoms with Crippen LogP contribution in [0.3, 0.4) is 0 Å². The van der Waals surface area contributed by atoms with E-state index in [-0.39, 0.29) is 18.2 Å². The number of carbonyl (C=O) groups is 2. The largest absolute Gasteiger partial charge is 0.481 e. The second-order valence-corrected chi connectivity index (χ2v) is 2.98. The van der Waals surface area contributed by atoms with Gasteiger partial charge in [-0.3, -0.25) is 9.59 Å². The van der Waals surface area contributed by atoms with E-state index in [4.69, 9.17) is 11.5 Å². The Hall–Kier alpha value is -1.50. The molecule has 0 bridgehead atoms. The van der Waals surface area contributed by atoms with Crippen LogP contribution in [-0.4, -0.2) is 23.0 Å². The van der Waals surface area contributed by atoms with Crippen LogP contribution in [0.15, 0.2) is 0 Å². The highest BCUT2D eigenvalue weighted by Gasteiger charge is 2.14. The first-order valence-corrected chi connectivity index (χ1v) is 3.95. The molecule has 0 aromatic rings. The first kappa shape index (κ1) is 11.5. The second-order valence-electron chi connectivity index (χ2n) is 2.98. The highest BCUT2D eigenvalue weighted by molar-refractivity contribution is 5.79. The smallest absolute Gasteiger partial charge is 0.306 e. The fourth-order valence-corrected chi connectivity index (χ4v) is 0.665. The lowest BCUT2D eigenvalue weighted by Gasteiger charge is -2.12. The molecule has 0 spiro atoms. The zero-order valence-electron chi connectivity index (χ0n) is 7.70. The van der Waals surface area contributed by atoms with Gasteiger partial charge in [-0.1, -0.05) is 19.8 Å². The van der Waals surface area contributed by atoms with Crippen LogP contribution in [0.4, 0.5) is 0 Å². The molecule has 1 atom stereocenters. The minimum Gasteiger partial charge on any atom is -0.481 e. The van der Waals surface area contributed by atoms with Gasteiger partial charge in [0.05, 0.1) is 6.42 Å². The van der Waals surface area contributed by atoms with Crippen LogP contribution in [-0.2, 0) is 9.59 Å². The van der Waals surface area contributed by atoms with Crippen molar-refractivity contribution in [1.82, 2.24) is 5.32 Å². The van der Waals surface area contributed by atoms with Gasteiger partial charge < -0.3 is 10.4 Å². The molecule has 4 heteroatoms. The van der Waals surface area contributed by atoms with Gasteiger partial charge in [-0.2, -0.15) is 0 Å². The standard InChI is InChI=1S/C9H13NO3/c1-4-7(5-8(11)12)10-9(13)6(2)3/h1,6-7H,5H2,2-3H3,(H,10,13)(H,11,12)/t7-/m1/s1. The predicted molar refractivity (Wildman–Crippen MR) is 47.9 cm³/mol. The van der Waals surface area contributed by atoms with Crippen molar-refractivity contribution in [3.63, 3.8) is 0 Å². The summed E-state index contributed by atoms with van der Waals surface area (Å²) in [5, 5.41) is 10.9. The summed E-state index contributed by atoms with van der Waals surface area (Å²) in [5.74, 6) is 0.763. The molecular formula is C9H13NO3. The van der Waals surface area contributed by atoms with Crippen molar-refractivity contribution in [3.8, 4) is 12.3 Å². The van der Waals surface area contributed by atoms with Crippen molar-refractivity contribution in [2.45, 2.75) is 26.3 Å². The van der Waals surface area contributed by atoms with E-state index in [1.54, 1.807) is 13.8 Å². The lowest BCUT2D eigenvalue weighted by Crippen LogP contribution is -2.37. The highest BCUT2D eigenvalue weighted by Crippen LogP contribution is 1.95. The third-order valence-corrected chi connectivity index (χ3v) is 1.42. The molecule has 0 aliphatic rings. The van der Waals surface area contributed by atoms with Gasteiger partial charge in [-0.05, 0) is 0 Å². The van der Waals surface area contributed by atoms with E-state index in [1.165, 1.54) is 0 Å². The third kappa shape index (κ3) is 4.86. The van der Waals surface area contributed by atoms with Gasteiger partial charge in [0.15, 0.2) is 0 Å². The van der Waals surface area contributed by atoms with E-state index < -0.39 is 12.0 Å². The average Bonchev–Trinajstić information content (AvgIpc) is 2.02. The molecule has 0 heterocycles. The molecule has 0 unspecified atom stereocenters. The highest BCUT2D eigenvalue weighted by atomic mass is 16.4. The topological polar surface area (TPSA) is 66.4 Å². The molecule has 2 N–H and O–H groups in total. The Morgan fingerprint density at radius 3 is 2.38 bits per heavy atom. The van der Waals surface area contributed by atoms with Gasteiger partial charge in [-0.25, -0.2) is 0 Å². The Balaban J connectivity index is 4.08. The van der Waals surface area contributed by atoms with E-state index >= 15 is 0 Å². The molecule has 0 rings (SSSR count). The lowest BCUT2D eigenvalue weighted by atomic mass is 10.1. The SMILES string of the molecule is C#C[C@H](CC(=O)O)NC(=O)C(C)C. The summed E-state index contributed by atoms with van der Waals surface area (Å²) < 4.78 is 0. The molecular weight excluding hydrogens is 170 g/mol. The van der Waals surface area contributed by atoms with Crippen LogP contribution in [0, 0.1) is 18.3 Å². The maximum Gasteiger partial charge on any atom is 0.306 e. The number of hydrogen-bond donors (Lipinski definition) is 2. The van der Waals surface area contributed by atoms with Crippen LogP contribution in [0.25, 0.3) is 0 Å². The van der Waals surface area contributed by atoms with E-state index in [0.717, 1.165) is 0 Å². The first-order chi connectivity index (χ1) is 5.97. The molecule has 0 aliphatic heterocycles. The quantitative estimate of drug-likeness (QED) is 0.613. The maximum atomic E-state index is 11.1. The number of terminal acetylenes is 1. The number of nitrogens with one attached hydrogen (secondary N) is 1. The van der Waals surface area contributed by atoms with E-state index in [1.807, 2.05) is 0 Å². The molecule has 0 saturated heterocycles. The number of carboxylic acid groups (broad SMARTS) is 1. The summed E-state index contributed by atoms with van der Waals surface area (Å²) in [6.07, 6.45) is 4.80. The molecule has 1 amide bonds. The van der Waals surface area contributed by atoms with E-state index in [2.05, 4.69) is 11.2 Å². The van der Waals surface area contributed by atoms with Crippen LogP contribution >= 0.6 is 0 Å². The number of hydrogen-bond acceptors (Lipinski definition) is 2. The van der Waals surface area contributed by atoms with Gasteiger partial charge in [0.2, 0.25) is 5.91 Å². The van der Waals surface area contributed by atoms with Crippen LogP contribution < -0.4 is 5.32 Å². The van der Waals surface area contributed by atoms with Crippen LogP contribution in [0.1, 0.15) is 20.3 Å². The zero-order chi connectivity index (χ0) is 10.4. The number of amides is 1. The van der Waals surface area contributed by atoms with Gasteiger partial charge in [0, 0.05) is 5.92 Å². The zero-order valence-corrected chi connectivity index (χ0v) is 7.70. The Morgan fingerprint density at radius 1 is 1.54 bits per heavy atom. The van der Waals surface area contributed by atoms with Crippen molar-refractivity contribution < 1.29 is 14.7 Å². The van der Waals surface area contributed by atoms with Crippen molar-refractivity contribution in [2.24, 2.45) is 5.92 Å². The van der Waals surface area contributed by atoms with Crippen LogP contribution in [0.5, 0.6) is 0 Å². The van der Waals surface area contributed by atoms with Crippen molar-refractivity contribution >= 4 is 11.9 Å². The molecule has 13 heavy (non-hydrogen) atoms. The minimum atomic E-state index is -1.02. The van der Waals surface area contributed by atoms with Crippen molar-refractivity contribution in [3.05, 3.63) is 0 Å². The Bertz CT molecular complexity index is 240. The number of aliphatic carboxylic acids is 1. The fourth-order valence-electron chi connectivity index (χ4n) is 0.665. The minimum absolute atomic E-state index is 0.190. The van der Waals surface area contributed by atoms with Gasteiger partial charge in [-0.15, -0.1) is 6.42 Å². The molecule has 0 aromatic heterocycles. The monoisotopic (exact) mass is 183 g/mol. The molecule has 0 radical (unpaired) electrons. The predicted octanol–water partition coefficient (Wildman–Crippen LogP) is 0.235. The number of carbonyl (C=O) groups excluding carboxylic acids is 1. The average molecular weight is 183 g/mol. The third-order valence-electron chi connectivity index (χ3n) is 1.42. The summed E-state index contributed by atoms with van der Waals surface area (Å²) in [6.45, 7) is 3.42. The normalized spacial score (nSPS) is 11.8. The van der Waals surface area contributed by atoms with Gasteiger partial charge in [0.25, 0.3) is 0 Å². The summed E-state index contributed by atoms with van der Waals surface area (Å²) in [5.41, 5.74) is 0. The van der Waals surface area contributed by atoms with Gasteiger partial charge >= 0.3 is 5.97 Å². The van der Waals surface area contributed by atoms with Gasteiger partial charge in [0.1, 0.15) is 6.04 Å². The molecule has 4 nitrogen and oxygen atoms in total. The Kier molecular flexibility index (Phi) is 4.60. The molecule has 0 aromatic carbocycles. The first-order valence-electron chi connectivity index (χ1n) is 3.95. The summed E-state index contributed by atoms with van der Waals surface area (Å²) in [4.78, 5) is 21.4. The Morgan fingerprint density at radius 2 is 2.08 bits per heavy atom. The van der Waals surface area contributed by atoms with E-state index in [9.17, 15) is 9.59 Å². The van der Waals surface area contributed by atoms with Crippen LogP contribution in [0.2, 0.25) is 0 Å². The van der Waals surface area contributed by atoms with E-state index in [0.29, 0.717) is 0 Å². The molecule has 72 valence electrons. The van der Waals surface area contributed by atoms with Crippen molar-refractivity contribution in [1.29, 1.82) is 0 Å². The maximum absolute atomic E-state index is 11.1. The molecule has 0 fully saturated rings. The number of rotatable bonds is 4. The molecule has 0 aliphatic carbocycles. The molecule has 0 saturated carbocycles. The summed E-state index contributed by atoms with van der Waals surface area (Å²) in [7, 11) is 0. The lowest BCUT2D eigenvalue weighted by molar-refractivity contribution is -0.137. The summed E-state index contributed by atoms with van der Waals surface area (Å²) in [6, 6.07) is -0.715. The Labute approximate surface area is 77.3 Å². The second kappa shape index (κ2) is 5.20. The van der Waals surface area contributed by atoms with Crippen molar-refractivity contribution in [2.75, 3.05) is 0 Å². The summed E-state index contributed by atoms with van der Waals surface area (Å²) >= 11 is 0. The number of carboxylic acids is 1. The fraction of sp³-hybridized carbons (Fsp3) is 0.556.